The first kappa shape index (κ1) is 11.6. The van der Waals surface area contributed by atoms with Gasteiger partial charge in [-0.2, -0.15) is 0 Å². The van der Waals surface area contributed by atoms with Gasteiger partial charge in [-0.3, -0.25) is 0 Å². The zero-order chi connectivity index (χ0) is 12.4. The van der Waals surface area contributed by atoms with Crippen molar-refractivity contribution in [3.05, 3.63) is 28.4 Å². The third-order valence-corrected chi connectivity index (χ3v) is 2.59. The predicted molar refractivity (Wildman–Crippen MR) is 65.2 cm³/mol. The molecule has 0 spiro atoms. The van der Waals surface area contributed by atoms with Crippen LogP contribution in [-0.4, -0.2) is 17.7 Å². The SMILES string of the molecule is C#CCOc1c(C(=O)O)oc2ccc(Br)cc12. The van der Waals surface area contributed by atoms with E-state index in [1.807, 2.05) is 0 Å². The van der Waals surface area contributed by atoms with E-state index in [-0.39, 0.29) is 18.1 Å². The van der Waals surface area contributed by atoms with Crippen molar-refractivity contribution in [2.24, 2.45) is 0 Å². The van der Waals surface area contributed by atoms with Crippen LogP contribution in [0.3, 0.4) is 0 Å². The van der Waals surface area contributed by atoms with Crippen molar-refractivity contribution < 1.29 is 19.1 Å². The molecule has 86 valence electrons. The molecule has 0 fully saturated rings. The van der Waals surface area contributed by atoms with Gasteiger partial charge in [0.05, 0.1) is 5.39 Å². The van der Waals surface area contributed by atoms with E-state index >= 15 is 0 Å². The number of hydrogen-bond donors (Lipinski definition) is 1. The molecule has 2 aromatic rings. The van der Waals surface area contributed by atoms with Crippen LogP contribution >= 0.6 is 15.9 Å². The Bertz CT molecular complexity index is 621. The molecule has 0 radical (unpaired) electrons. The Kier molecular flexibility index (Phi) is 3.07. The average Bonchev–Trinajstić information content (AvgIpc) is 2.64. The fourth-order valence-electron chi connectivity index (χ4n) is 1.45. The number of aromatic carboxylic acids is 1. The summed E-state index contributed by atoms with van der Waals surface area (Å²) in [4.78, 5) is 11.0. The molecule has 0 amide bonds. The second-order valence-corrected chi connectivity index (χ2v) is 4.11. The van der Waals surface area contributed by atoms with Gasteiger partial charge < -0.3 is 14.3 Å². The van der Waals surface area contributed by atoms with Crippen LogP contribution in [0.15, 0.2) is 27.1 Å². The first-order valence-electron chi connectivity index (χ1n) is 4.65. The van der Waals surface area contributed by atoms with Crippen LogP contribution in [0.2, 0.25) is 0 Å². The summed E-state index contributed by atoms with van der Waals surface area (Å²) in [7, 11) is 0. The van der Waals surface area contributed by atoms with Crippen LogP contribution in [0.5, 0.6) is 5.75 Å². The molecule has 4 nitrogen and oxygen atoms in total. The third kappa shape index (κ3) is 2.12. The number of carboxylic acids is 1. The molecule has 0 unspecified atom stereocenters. The number of carbonyl (C=O) groups is 1. The van der Waals surface area contributed by atoms with Gasteiger partial charge in [0.15, 0.2) is 5.75 Å². The molecule has 0 aliphatic heterocycles. The second kappa shape index (κ2) is 4.52. The van der Waals surface area contributed by atoms with Crippen molar-refractivity contribution >= 4 is 32.9 Å². The van der Waals surface area contributed by atoms with E-state index < -0.39 is 5.97 Å². The Morgan fingerprint density at radius 2 is 2.35 bits per heavy atom. The lowest BCUT2D eigenvalue weighted by Crippen LogP contribution is -2.00. The molecule has 0 atom stereocenters. The summed E-state index contributed by atoms with van der Waals surface area (Å²) < 4.78 is 11.2. The molecule has 0 bridgehead atoms. The lowest BCUT2D eigenvalue weighted by atomic mass is 10.2. The summed E-state index contributed by atoms with van der Waals surface area (Å²) in [6.07, 6.45) is 5.08. The van der Waals surface area contributed by atoms with E-state index in [1.54, 1.807) is 18.2 Å². The molecule has 1 N–H and O–H groups in total. The Hall–Kier alpha value is -1.93. The minimum absolute atomic E-state index is 0.0125. The fraction of sp³-hybridized carbons (Fsp3) is 0.0833. The molecule has 0 aliphatic carbocycles. The van der Waals surface area contributed by atoms with E-state index in [4.69, 9.17) is 20.7 Å². The molecule has 1 heterocycles. The van der Waals surface area contributed by atoms with E-state index in [2.05, 4.69) is 21.9 Å². The van der Waals surface area contributed by atoms with Crippen molar-refractivity contribution in [3.63, 3.8) is 0 Å². The number of rotatable bonds is 3. The van der Waals surface area contributed by atoms with Crippen molar-refractivity contribution in [3.8, 4) is 18.1 Å². The molecule has 5 heteroatoms. The molecular weight excluding hydrogens is 288 g/mol. The number of fused-ring (bicyclic) bond motifs is 1. The van der Waals surface area contributed by atoms with Gasteiger partial charge in [0, 0.05) is 4.47 Å². The molecule has 0 saturated heterocycles. The average molecular weight is 295 g/mol. The quantitative estimate of drug-likeness (QED) is 0.884. The van der Waals surface area contributed by atoms with E-state index in [9.17, 15) is 4.79 Å². The largest absolute Gasteiger partial charge is 0.476 e. The van der Waals surface area contributed by atoms with Crippen LogP contribution in [0, 0.1) is 12.3 Å². The molecule has 2 rings (SSSR count). The van der Waals surface area contributed by atoms with E-state index in [0.29, 0.717) is 11.0 Å². The van der Waals surface area contributed by atoms with Crippen molar-refractivity contribution in [1.29, 1.82) is 0 Å². The summed E-state index contributed by atoms with van der Waals surface area (Å²) in [5.74, 6) is 1.01. The number of carboxylic acid groups (broad SMARTS) is 1. The highest BCUT2D eigenvalue weighted by Crippen LogP contribution is 2.34. The van der Waals surface area contributed by atoms with Crippen molar-refractivity contribution in [1.82, 2.24) is 0 Å². The maximum atomic E-state index is 11.0. The highest BCUT2D eigenvalue weighted by molar-refractivity contribution is 9.10. The first-order valence-corrected chi connectivity index (χ1v) is 5.44. The van der Waals surface area contributed by atoms with Crippen LogP contribution in [0.25, 0.3) is 11.0 Å². The standard InChI is InChI=1S/C12H7BrO4/c1-2-5-16-10-8-6-7(13)3-4-9(8)17-11(10)12(14)15/h1,3-4,6H,5H2,(H,14,15). The summed E-state index contributed by atoms with van der Waals surface area (Å²) >= 11 is 3.30. The minimum atomic E-state index is -1.19. The van der Waals surface area contributed by atoms with Gasteiger partial charge >= 0.3 is 5.97 Å². The number of furan rings is 1. The molecule has 1 aromatic heterocycles. The number of terminal acetylenes is 1. The van der Waals surface area contributed by atoms with Crippen molar-refractivity contribution in [2.45, 2.75) is 0 Å². The third-order valence-electron chi connectivity index (χ3n) is 2.10. The lowest BCUT2D eigenvalue weighted by Gasteiger charge is -2.00. The summed E-state index contributed by atoms with van der Waals surface area (Å²) in [6, 6.07) is 5.13. The maximum absolute atomic E-state index is 11.0. The van der Waals surface area contributed by atoms with Gasteiger partial charge in [-0.25, -0.2) is 4.79 Å². The van der Waals surface area contributed by atoms with E-state index in [0.717, 1.165) is 4.47 Å². The first-order chi connectivity index (χ1) is 8.13. The molecule has 0 saturated carbocycles. The van der Waals surface area contributed by atoms with Crippen LogP contribution < -0.4 is 4.74 Å². The summed E-state index contributed by atoms with van der Waals surface area (Å²) in [5.41, 5.74) is 0.442. The van der Waals surface area contributed by atoms with Gasteiger partial charge in [-0.15, -0.1) is 6.42 Å². The van der Waals surface area contributed by atoms with Gasteiger partial charge in [0.2, 0.25) is 0 Å². The van der Waals surface area contributed by atoms with Crippen LogP contribution in [0.1, 0.15) is 10.6 Å². The Labute approximate surface area is 105 Å². The highest BCUT2D eigenvalue weighted by Gasteiger charge is 2.21. The monoisotopic (exact) mass is 294 g/mol. The zero-order valence-corrected chi connectivity index (χ0v) is 10.2. The lowest BCUT2D eigenvalue weighted by molar-refractivity contribution is 0.0659. The predicted octanol–water partition coefficient (Wildman–Crippen LogP) is 2.91. The van der Waals surface area contributed by atoms with Crippen LogP contribution in [0.4, 0.5) is 0 Å². The molecular formula is C12H7BrO4. The topological polar surface area (TPSA) is 59.7 Å². The normalized spacial score (nSPS) is 10.1. The number of hydrogen-bond acceptors (Lipinski definition) is 3. The summed E-state index contributed by atoms with van der Waals surface area (Å²) in [6.45, 7) is -0.0125. The van der Waals surface area contributed by atoms with E-state index in [1.165, 1.54) is 0 Å². The highest BCUT2D eigenvalue weighted by atomic mass is 79.9. The second-order valence-electron chi connectivity index (χ2n) is 3.20. The van der Waals surface area contributed by atoms with Gasteiger partial charge in [-0.1, -0.05) is 21.9 Å². The Morgan fingerprint density at radius 1 is 1.59 bits per heavy atom. The molecule has 0 aliphatic rings. The van der Waals surface area contributed by atoms with Gasteiger partial charge in [0.1, 0.15) is 12.2 Å². The minimum Gasteiger partial charge on any atom is -0.476 e. The maximum Gasteiger partial charge on any atom is 0.375 e. The van der Waals surface area contributed by atoms with Gasteiger partial charge in [-0.05, 0) is 18.2 Å². The zero-order valence-electron chi connectivity index (χ0n) is 8.57. The summed E-state index contributed by atoms with van der Waals surface area (Å²) in [5, 5.41) is 9.57. The molecule has 17 heavy (non-hydrogen) atoms. The fourth-order valence-corrected chi connectivity index (χ4v) is 1.81. The Morgan fingerprint density at radius 3 is 3.00 bits per heavy atom. The van der Waals surface area contributed by atoms with Crippen LogP contribution in [-0.2, 0) is 0 Å². The van der Waals surface area contributed by atoms with Crippen molar-refractivity contribution in [2.75, 3.05) is 6.61 Å². The number of benzene rings is 1. The van der Waals surface area contributed by atoms with Gasteiger partial charge in [0.25, 0.3) is 5.76 Å². The Balaban J connectivity index is 2.65. The smallest absolute Gasteiger partial charge is 0.375 e. The molecule has 1 aromatic carbocycles. The number of ether oxygens (including phenoxy) is 1. The number of halogens is 1.